The van der Waals surface area contributed by atoms with Crippen molar-refractivity contribution in [3.05, 3.63) is 0 Å². The largest absolute Gasteiger partial charge is 0.317 e. The summed E-state index contributed by atoms with van der Waals surface area (Å²) in [7, 11) is 0. The smallest absolute Gasteiger partial charge is 0.0160 e. The van der Waals surface area contributed by atoms with Gasteiger partial charge in [0, 0.05) is 18.5 Å². The van der Waals surface area contributed by atoms with Gasteiger partial charge >= 0.3 is 0 Å². The first-order valence-corrected chi connectivity index (χ1v) is 5.53. The van der Waals surface area contributed by atoms with Crippen LogP contribution in [0, 0.1) is 5.41 Å². The van der Waals surface area contributed by atoms with Crippen LogP contribution in [0.2, 0.25) is 0 Å². The summed E-state index contributed by atoms with van der Waals surface area (Å²) in [6, 6.07) is 0. The molecule has 0 unspecified atom stereocenters. The summed E-state index contributed by atoms with van der Waals surface area (Å²) in [5.74, 6) is 0. The predicted octanol–water partition coefficient (Wildman–Crippen LogP) is 0.950. The SMILES string of the molecule is CSN1CC2(CCNCC2)C1. The van der Waals surface area contributed by atoms with Crippen molar-refractivity contribution >= 4 is 11.9 Å². The minimum Gasteiger partial charge on any atom is -0.317 e. The summed E-state index contributed by atoms with van der Waals surface area (Å²) in [6.45, 7) is 5.14. The highest BCUT2D eigenvalue weighted by molar-refractivity contribution is 7.96. The van der Waals surface area contributed by atoms with E-state index in [1.807, 2.05) is 11.9 Å². The first-order valence-electron chi connectivity index (χ1n) is 4.34. The standard InChI is InChI=1S/C8H16N2S/c1-11-10-6-8(7-10)2-4-9-5-3-8/h9H,2-7H2,1H3. The highest BCUT2D eigenvalue weighted by Gasteiger charge is 2.42. The van der Waals surface area contributed by atoms with Gasteiger partial charge in [0.25, 0.3) is 0 Å². The number of hydrogen-bond donors (Lipinski definition) is 1. The number of nitrogens with one attached hydrogen (secondary N) is 1. The summed E-state index contributed by atoms with van der Waals surface area (Å²) >= 11 is 1.89. The van der Waals surface area contributed by atoms with Gasteiger partial charge in [0.2, 0.25) is 0 Å². The normalized spacial score (nSPS) is 30.3. The van der Waals surface area contributed by atoms with Crippen LogP contribution in [0.4, 0.5) is 0 Å². The fraction of sp³-hybridized carbons (Fsp3) is 1.00. The summed E-state index contributed by atoms with van der Waals surface area (Å²) in [4.78, 5) is 0. The first kappa shape index (κ1) is 7.90. The molecule has 1 spiro atoms. The van der Waals surface area contributed by atoms with Crippen LogP contribution in [-0.2, 0) is 0 Å². The Labute approximate surface area is 72.9 Å². The molecule has 0 aromatic heterocycles. The molecule has 2 heterocycles. The molecule has 0 atom stereocenters. The molecule has 0 aromatic carbocycles. The second-order valence-electron chi connectivity index (χ2n) is 3.73. The van der Waals surface area contributed by atoms with Crippen molar-refractivity contribution in [2.24, 2.45) is 5.41 Å². The molecular weight excluding hydrogens is 156 g/mol. The number of piperidine rings is 1. The zero-order chi connectivity index (χ0) is 7.73. The molecule has 2 nitrogen and oxygen atoms in total. The van der Waals surface area contributed by atoms with Crippen molar-refractivity contribution < 1.29 is 0 Å². The van der Waals surface area contributed by atoms with E-state index in [0.29, 0.717) is 5.41 Å². The molecule has 0 radical (unpaired) electrons. The van der Waals surface area contributed by atoms with E-state index in [9.17, 15) is 0 Å². The molecule has 2 rings (SSSR count). The second-order valence-corrected chi connectivity index (χ2v) is 4.61. The maximum absolute atomic E-state index is 3.42. The molecular formula is C8H16N2S. The maximum Gasteiger partial charge on any atom is 0.0160 e. The minimum atomic E-state index is 0.717. The van der Waals surface area contributed by atoms with Gasteiger partial charge in [-0.05, 0) is 32.2 Å². The van der Waals surface area contributed by atoms with E-state index >= 15 is 0 Å². The molecule has 0 aromatic rings. The van der Waals surface area contributed by atoms with Crippen LogP contribution in [0.25, 0.3) is 0 Å². The van der Waals surface area contributed by atoms with Crippen LogP contribution in [0.15, 0.2) is 0 Å². The molecule has 0 saturated carbocycles. The monoisotopic (exact) mass is 172 g/mol. The Morgan fingerprint density at radius 3 is 2.45 bits per heavy atom. The number of rotatable bonds is 1. The highest BCUT2D eigenvalue weighted by atomic mass is 32.2. The molecule has 0 aliphatic carbocycles. The number of hydrogen-bond acceptors (Lipinski definition) is 3. The molecule has 2 fully saturated rings. The van der Waals surface area contributed by atoms with Gasteiger partial charge in [-0.2, -0.15) is 0 Å². The third kappa shape index (κ3) is 1.42. The van der Waals surface area contributed by atoms with Crippen LogP contribution >= 0.6 is 11.9 Å². The van der Waals surface area contributed by atoms with Gasteiger partial charge in [0.1, 0.15) is 0 Å². The van der Waals surface area contributed by atoms with Crippen molar-refractivity contribution in [1.82, 2.24) is 9.62 Å². The minimum absolute atomic E-state index is 0.717. The lowest BCUT2D eigenvalue weighted by molar-refractivity contribution is 0.0456. The van der Waals surface area contributed by atoms with E-state index in [-0.39, 0.29) is 0 Å². The average molecular weight is 172 g/mol. The molecule has 2 aliphatic rings. The van der Waals surface area contributed by atoms with Crippen molar-refractivity contribution in [3.63, 3.8) is 0 Å². The second kappa shape index (κ2) is 2.96. The van der Waals surface area contributed by atoms with E-state index in [1.165, 1.54) is 39.0 Å². The van der Waals surface area contributed by atoms with E-state index in [1.54, 1.807) is 0 Å². The van der Waals surface area contributed by atoms with Gasteiger partial charge in [-0.15, -0.1) is 0 Å². The Kier molecular flexibility index (Phi) is 2.12. The molecule has 11 heavy (non-hydrogen) atoms. The Balaban J connectivity index is 1.84. The Morgan fingerprint density at radius 1 is 1.27 bits per heavy atom. The zero-order valence-electron chi connectivity index (χ0n) is 7.10. The predicted molar refractivity (Wildman–Crippen MR) is 49.6 cm³/mol. The van der Waals surface area contributed by atoms with Crippen molar-refractivity contribution in [1.29, 1.82) is 0 Å². The van der Waals surface area contributed by atoms with Crippen LogP contribution in [0.5, 0.6) is 0 Å². The van der Waals surface area contributed by atoms with Crippen molar-refractivity contribution in [3.8, 4) is 0 Å². The number of nitrogens with zero attached hydrogens (tertiary/aromatic N) is 1. The molecule has 0 bridgehead atoms. The summed E-state index contributed by atoms with van der Waals surface area (Å²) in [5, 5.41) is 3.42. The average Bonchev–Trinajstić information content (AvgIpc) is 2.01. The lowest BCUT2D eigenvalue weighted by atomic mass is 9.74. The third-order valence-electron chi connectivity index (χ3n) is 2.95. The van der Waals surface area contributed by atoms with Gasteiger partial charge in [0.15, 0.2) is 0 Å². The van der Waals surface area contributed by atoms with Gasteiger partial charge in [-0.25, -0.2) is 4.31 Å². The van der Waals surface area contributed by atoms with Gasteiger partial charge in [-0.3, -0.25) is 0 Å². The Morgan fingerprint density at radius 2 is 1.91 bits per heavy atom. The summed E-state index contributed by atoms with van der Waals surface area (Å²) in [6.07, 6.45) is 4.96. The topological polar surface area (TPSA) is 15.3 Å². The molecule has 1 N–H and O–H groups in total. The van der Waals surface area contributed by atoms with Crippen LogP contribution in [-0.4, -0.2) is 36.7 Å². The third-order valence-corrected chi connectivity index (χ3v) is 3.72. The highest BCUT2D eigenvalue weighted by Crippen LogP contribution is 2.40. The molecule has 2 aliphatic heterocycles. The molecule has 0 amide bonds. The first-order chi connectivity index (χ1) is 5.35. The summed E-state index contributed by atoms with van der Waals surface area (Å²) in [5.41, 5.74) is 0.717. The molecule has 64 valence electrons. The van der Waals surface area contributed by atoms with Gasteiger partial charge < -0.3 is 5.32 Å². The Hall–Kier alpha value is 0.270. The van der Waals surface area contributed by atoms with Crippen molar-refractivity contribution in [2.45, 2.75) is 12.8 Å². The van der Waals surface area contributed by atoms with E-state index in [0.717, 1.165) is 0 Å². The van der Waals surface area contributed by atoms with Crippen molar-refractivity contribution in [2.75, 3.05) is 32.4 Å². The van der Waals surface area contributed by atoms with Crippen LogP contribution in [0.1, 0.15) is 12.8 Å². The summed E-state index contributed by atoms with van der Waals surface area (Å²) < 4.78 is 2.46. The fourth-order valence-electron chi connectivity index (χ4n) is 2.10. The molecule has 2 saturated heterocycles. The fourth-order valence-corrected chi connectivity index (χ4v) is 2.91. The zero-order valence-corrected chi connectivity index (χ0v) is 7.91. The van der Waals surface area contributed by atoms with Gasteiger partial charge in [0.05, 0.1) is 0 Å². The lowest BCUT2D eigenvalue weighted by Crippen LogP contribution is -2.57. The van der Waals surface area contributed by atoms with Crippen LogP contribution in [0.3, 0.4) is 0 Å². The maximum atomic E-state index is 3.42. The van der Waals surface area contributed by atoms with Crippen LogP contribution < -0.4 is 5.32 Å². The van der Waals surface area contributed by atoms with E-state index < -0.39 is 0 Å². The van der Waals surface area contributed by atoms with E-state index in [4.69, 9.17) is 0 Å². The molecule has 3 heteroatoms. The van der Waals surface area contributed by atoms with Gasteiger partial charge in [-0.1, -0.05) is 11.9 Å². The van der Waals surface area contributed by atoms with E-state index in [2.05, 4.69) is 15.9 Å². The quantitative estimate of drug-likeness (QED) is 0.593. The lowest BCUT2D eigenvalue weighted by Gasteiger charge is -2.51. The Bertz CT molecular complexity index is 135.